The van der Waals surface area contributed by atoms with E-state index in [0.717, 1.165) is 17.0 Å². The first-order chi connectivity index (χ1) is 13.3. The maximum atomic E-state index is 12.0. The number of anilines is 1. The molecule has 0 radical (unpaired) electrons. The van der Waals surface area contributed by atoms with E-state index < -0.39 is 18.5 Å². The predicted octanol–water partition coefficient (Wildman–Crippen LogP) is 3.16. The van der Waals surface area contributed by atoms with Gasteiger partial charge >= 0.3 is 5.97 Å². The third-order valence-corrected chi connectivity index (χ3v) is 4.70. The fraction of sp³-hybridized carbons (Fsp3) is 0.278. The molecule has 0 unspecified atom stereocenters. The molecule has 2 heterocycles. The van der Waals surface area contributed by atoms with Crippen molar-refractivity contribution in [2.75, 3.05) is 11.9 Å². The summed E-state index contributed by atoms with van der Waals surface area (Å²) < 4.78 is 6.66. The second kappa shape index (κ2) is 8.53. The van der Waals surface area contributed by atoms with Crippen molar-refractivity contribution >= 4 is 46.5 Å². The van der Waals surface area contributed by atoms with Gasteiger partial charge in [-0.05, 0) is 44.0 Å². The van der Waals surface area contributed by atoms with Crippen LogP contribution in [0, 0.1) is 13.8 Å². The lowest BCUT2D eigenvalue weighted by molar-refractivity contribution is -0.147. The Morgan fingerprint density at radius 1 is 1.25 bits per heavy atom. The number of aromatic nitrogens is 4. The van der Waals surface area contributed by atoms with Crippen molar-refractivity contribution in [1.29, 1.82) is 0 Å². The average molecular weight is 422 g/mol. The minimum atomic E-state index is -0.504. The van der Waals surface area contributed by atoms with Crippen LogP contribution in [0.25, 0.3) is 5.78 Å². The monoisotopic (exact) mass is 421 g/mol. The van der Waals surface area contributed by atoms with Gasteiger partial charge in [0.2, 0.25) is 0 Å². The molecule has 1 amide bonds. The number of nitrogens with zero attached hydrogens (tertiary/aromatic N) is 4. The van der Waals surface area contributed by atoms with E-state index in [-0.39, 0.29) is 6.42 Å². The minimum absolute atomic E-state index is 0.106. The van der Waals surface area contributed by atoms with E-state index in [1.54, 1.807) is 16.6 Å². The van der Waals surface area contributed by atoms with E-state index in [9.17, 15) is 9.59 Å². The molecule has 0 spiro atoms. The van der Waals surface area contributed by atoms with Crippen LogP contribution in [0.3, 0.4) is 0 Å². The molecule has 2 aromatic heterocycles. The SMILES string of the molecule is Cc1nc2ncnn2c(C)c1CCC(=O)OCC(=O)Nc1cc(Cl)ccc1Cl. The number of hydrogen-bond donors (Lipinski definition) is 1. The first-order valence-corrected chi connectivity index (χ1v) is 9.17. The molecule has 1 aromatic carbocycles. The van der Waals surface area contributed by atoms with Crippen molar-refractivity contribution in [2.24, 2.45) is 0 Å². The average Bonchev–Trinajstić information content (AvgIpc) is 3.11. The molecule has 8 nitrogen and oxygen atoms in total. The highest BCUT2D eigenvalue weighted by Gasteiger charge is 2.14. The summed E-state index contributed by atoms with van der Waals surface area (Å²) in [5.41, 5.74) is 2.89. The largest absolute Gasteiger partial charge is 0.456 e. The normalized spacial score (nSPS) is 10.9. The third-order valence-electron chi connectivity index (χ3n) is 4.13. The molecule has 0 saturated carbocycles. The molecule has 0 atom stereocenters. The van der Waals surface area contributed by atoms with Crippen LogP contribution in [0.5, 0.6) is 0 Å². The lowest BCUT2D eigenvalue weighted by Crippen LogP contribution is -2.21. The van der Waals surface area contributed by atoms with Gasteiger partial charge in [-0.2, -0.15) is 10.1 Å². The smallest absolute Gasteiger partial charge is 0.306 e. The summed E-state index contributed by atoms with van der Waals surface area (Å²) in [7, 11) is 0. The molecule has 0 saturated heterocycles. The number of nitrogens with one attached hydrogen (secondary N) is 1. The number of benzene rings is 1. The third kappa shape index (κ3) is 4.58. The van der Waals surface area contributed by atoms with Gasteiger partial charge in [-0.3, -0.25) is 9.59 Å². The molecular weight excluding hydrogens is 405 g/mol. The first-order valence-electron chi connectivity index (χ1n) is 8.41. The maximum absolute atomic E-state index is 12.0. The molecule has 0 aliphatic rings. The van der Waals surface area contributed by atoms with E-state index in [4.69, 9.17) is 27.9 Å². The summed E-state index contributed by atoms with van der Waals surface area (Å²) in [5, 5.41) is 7.44. The number of halogens is 2. The highest BCUT2D eigenvalue weighted by molar-refractivity contribution is 6.35. The number of rotatable bonds is 6. The van der Waals surface area contributed by atoms with Crippen molar-refractivity contribution in [3.8, 4) is 0 Å². The van der Waals surface area contributed by atoms with E-state index >= 15 is 0 Å². The van der Waals surface area contributed by atoms with E-state index in [2.05, 4.69) is 20.4 Å². The highest BCUT2D eigenvalue weighted by Crippen LogP contribution is 2.25. The summed E-state index contributed by atoms with van der Waals surface area (Å²) in [5.74, 6) is -0.488. The number of carbonyl (C=O) groups excluding carboxylic acids is 2. The van der Waals surface area contributed by atoms with Gasteiger partial charge in [0, 0.05) is 22.8 Å². The van der Waals surface area contributed by atoms with Gasteiger partial charge in [-0.25, -0.2) is 9.50 Å². The highest BCUT2D eigenvalue weighted by atomic mass is 35.5. The molecule has 28 heavy (non-hydrogen) atoms. The van der Waals surface area contributed by atoms with Crippen molar-refractivity contribution in [2.45, 2.75) is 26.7 Å². The summed E-state index contributed by atoms with van der Waals surface area (Å²) in [4.78, 5) is 32.4. The van der Waals surface area contributed by atoms with E-state index in [0.29, 0.717) is 27.9 Å². The Bertz CT molecular complexity index is 1050. The molecular formula is C18H17Cl2N5O3. The topological polar surface area (TPSA) is 98.5 Å². The molecule has 3 aromatic rings. The molecule has 146 valence electrons. The second-order valence-electron chi connectivity index (χ2n) is 6.07. The van der Waals surface area contributed by atoms with Crippen LogP contribution < -0.4 is 5.32 Å². The molecule has 10 heteroatoms. The lowest BCUT2D eigenvalue weighted by Gasteiger charge is -2.11. The van der Waals surface area contributed by atoms with Crippen molar-refractivity contribution in [1.82, 2.24) is 19.6 Å². The van der Waals surface area contributed by atoms with E-state index in [1.165, 1.54) is 12.4 Å². The zero-order valence-electron chi connectivity index (χ0n) is 15.2. The van der Waals surface area contributed by atoms with Gasteiger partial charge < -0.3 is 10.1 Å². The van der Waals surface area contributed by atoms with E-state index in [1.807, 2.05) is 13.8 Å². The summed E-state index contributed by atoms with van der Waals surface area (Å²) in [6, 6.07) is 4.69. The minimum Gasteiger partial charge on any atom is -0.456 e. The second-order valence-corrected chi connectivity index (χ2v) is 6.91. The fourth-order valence-corrected chi connectivity index (χ4v) is 3.08. The Morgan fingerprint density at radius 2 is 2.04 bits per heavy atom. The quantitative estimate of drug-likeness (QED) is 0.613. The zero-order chi connectivity index (χ0) is 20.3. The van der Waals surface area contributed by atoms with Crippen LogP contribution in [-0.2, 0) is 20.7 Å². The Morgan fingerprint density at radius 3 is 2.82 bits per heavy atom. The lowest BCUT2D eigenvalue weighted by atomic mass is 10.1. The van der Waals surface area contributed by atoms with Gasteiger partial charge in [-0.1, -0.05) is 23.2 Å². The zero-order valence-corrected chi connectivity index (χ0v) is 16.7. The number of amides is 1. The first kappa shape index (κ1) is 20.0. The molecule has 0 aliphatic heterocycles. The van der Waals surface area contributed by atoms with Crippen LogP contribution in [0.4, 0.5) is 5.69 Å². The van der Waals surface area contributed by atoms with Crippen LogP contribution >= 0.6 is 23.2 Å². The number of fused-ring (bicyclic) bond motifs is 1. The van der Waals surface area contributed by atoms with Gasteiger partial charge in [0.1, 0.15) is 6.33 Å². The van der Waals surface area contributed by atoms with Gasteiger partial charge in [0.15, 0.2) is 6.61 Å². The van der Waals surface area contributed by atoms with Crippen molar-refractivity contribution in [3.63, 3.8) is 0 Å². The molecule has 0 fully saturated rings. The van der Waals surface area contributed by atoms with Crippen LogP contribution in [0.2, 0.25) is 10.0 Å². The van der Waals surface area contributed by atoms with Crippen LogP contribution in [0.1, 0.15) is 23.4 Å². The maximum Gasteiger partial charge on any atom is 0.306 e. The predicted molar refractivity (Wildman–Crippen MR) is 105 cm³/mol. The van der Waals surface area contributed by atoms with Crippen LogP contribution in [0.15, 0.2) is 24.5 Å². The Hall–Kier alpha value is -2.71. The Labute approximate surface area is 170 Å². The Balaban J connectivity index is 1.53. The summed E-state index contributed by atoms with van der Waals surface area (Å²) >= 11 is 11.9. The van der Waals surface area contributed by atoms with Gasteiger partial charge in [0.05, 0.1) is 10.7 Å². The van der Waals surface area contributed by atoms with Gasteiger partial charge in [0.25, 0.3) is 11.7 Å². The number of hydrogen-bond acceptors (Lipinski definition) is 6. The molecule has 1 N–H and O–H groups in total. The number of carbonyl (C=O) groups is 2. The standard InChI is InChI=1S/C18H17Cl2N5O3/c1-10-13(11(2)25-18(23-10)21-9-22-25)4-6-17(27)28-8-16(26)24-15-7-12(19)3-5-14(15)20/h3,5,7,9H,4,6,8H2,1-2H3,(H,24,26). The van der Waals surface area contributed by atoms with Crippen molar-refractivity contribution in [3.05, 3.63) is 51.5 Å². The fourth-order valence-electron chi connectivity index (χ4n) is 2.74. The molecule has 0 aliphatic carbocycles. The molecule has 0 bridgehead atoms. The number of aryl methyl sites for hydroxylation is 2. The number of ether oxygens (including phenoxy) is 1. The summed E-state index contributed by atoms with van der Waals surface area (Å²) in [6.07, 6.45) is 1.95. The number of esters is 1. The Kier molecular flexibility index (Phi) is 6.11. The van der Waals surface area contributed by atoms with Crippen LogP contribution in [-0.4, -0.2) is 38.1 Å². The van der Waals surface area contributed by atoms with Gasteiger partial charge in [-0.15, -0.1) is 0 Å². The summed E-state index contributed by atoms with van der Waals surface area (Å²) in [6.45, 7) is 3.32. The van der Waals surface area contributed by atoms with Crippen molar-refractivity contribution < 1.29 is 14.3 Å². The molecule has 3 rings (SSSR count).